The summed E-state index contributed by atoms with van der Waals surface area (Å²) < 4.78 is 1.40. The van der Waals surface area contributed by atoms with Gasteiger partial charge in [-0.2, -0.15) is 0 Å². The van der Waals surface area contributed by atoms with Crippen LogP contribution in [0.3, 0.4) is 0 Å². The molecule has 0 saturated heterocycles. The maximum absolute atomic E-state index is 11.9. The summed E-state index contributed by atoms with van der Waals surface area (Å²) in [7, 11) is 1.66. The Bertz CT molecular complexity index is 544. The molecule has 0 saturated carbocycles. The van der Waals surface area contributed by atoms with E-state index in [-0.39, 0.29) is 5.91 Å². The third kappa shape index (κ3) is 2.53. The first-order valence-electron chi connectivity index (χ1n) is 5.71. The third-order valence-electron chi connectivity index (χ3n) is 2.69. The lowest BCUT2D eigenvalue weighted by molar-refractivity contribution is 0.102. The number of tetrazole rings is 1. The second-order valence-corrected chi connectivity index (χ2v) is 4.36. The van der Waals surface area contributed by atoms with Crippen LogP contribution in [-0.2, 0) is 7.05 Å². The number of nitrogens with one attached hydrogen (secondary N) is 1. The molecule has 0 bridgehead atoms. The van der Waals surface area contributed by atoms with Gasteiger partial charge >= 0.3 is 0 Å². The molecule has 1 aromatic heterocycles. The van der Waals surface area contributed by atoms with Crippen molar-refractivity contribution in [1.29, 1.82) is 0 Å². The molecule has 0 fully saturated rings. The van der Waals surface area contributed by atoms with Crippen molar-refractivity contribution in [2.75, 3.05) is 5.32 Å². The number of aromatic nitrogens is 4. The van der Waals surface area contributed by atoms with Crippen LogP contribution < -0.4 is 5.32 Å². The minimum atomic E-state index is -0.219. The first-order valence-corrected chi connectivity index (χ1v) is 5.71. The summed E-state index contributed by atoms with van der Waals surface area (Å²) in [5, 5.41) is 13.4. The molecule has 0 unspecified atom stereocenters. The smallest absolute Gasteiger partial charge is 0.258 e. The largest absolute Gasteiger partial charge is 0.289 e. The van der Waals surface area contributed by atoms with E-state index in [0.717, 1.165) is 0 Å². The zero-order valence-electron chi connectivity index (χ0n) is 10.6. The van der Waals surface area contributed by atoms with Gasteiger partial charge in [-0.25, -0.2) is 4.68 Å². The van der Waals surface area contributed by atoms with Gasteiger partial charge in [0, 0.05) is 12.6 Å². The standard InChI is InChI=1S/C12H15N5O/c1-8(2)9-4-6-10(7-5-9)11(18)13-12-14-15-16-17(12)3/h4-8H,1-3H3,(H,13,14,16,18). The highest BCUT2D eigenvalue weighted by atomic mass is 16.1. The number of amides is 1. The van der Waals surface area contributed by atoms with Crippen molar-refractivity contribution in [2.24, 2.45) is 7.05 Å². The van der Waals surface area contributed by atoms with Crippen molar-refractivity contribution in [3.63, 3.8) is 0 Å². The lowest BCUT2D eigenvalue weighted by Crippen LogP contribution is -2.15. The zero-order chi connectivity index (χ0) is 13.1. The third-order valence-corrected chi connectivity index (χ3v) is 2.69. The van der Waals surface area contributed by atoms with Crippen LogP contribution in [0.15, 0.2) is 24.3 Å². The van der Waals surface area contributed by atoms with Crippen molar-refractivity contribution in [3.8, 4) is 0 Å². The SMILES string of the molecule is CC(C)c1ccc(C(=O)Nc2nnnn2C)cc1. The highest BCUT2D eigenvalue weighted by Gasteiger charge is 2.10. The number of carbonyl (C=O) groups is 1. The van der Waals surface area contributed by atoms with Crippen molar-refractivity contribution >= 4 is 11.9 Å². The monoisotopic (exact) mass is 245 g/mol. The van der Waals surface area contributed by atoms with Crippen LogP contribution >= 0.6 is 0 Å². The Morgan fingerprint density at radius 3 is 2.44 bits per heavy atom. The number of rotatable bonds is 3. The van der Waals surface area contributed by atoms with Crippen LogP contribution in [0.25, 0.3) is 0 Å². The van der Waals surface area contributed by atoms with Crippen LogP contribution in [0.2, 0.25) is 0 Å². The molecule has 0 spiro atoms. The average molecular weight is 245 g/mol. The van der Waals surface area contributed by atoms with E-state index in [1.165, 1.54) is 10.2 Å². The molecule has 2 rings (SSSR count). The fraction of sp³-hybridized carbons (Fsp3) is 0.333. The normalized spacial score (nSPS) is 10.7. The molecule has 0 atom stereocenters. The molecule has 1 amide bonds. The minimum absolute atomic E-state index is 0.219. The fourth-order valence-electron chi connectivity index (χ4n) is 1.53. The molecular weight excluding hydrogens is 230 g/mol. The number of carbonyl (C=O) groups excluding carboxylic acids is 1. The quantitative estimate of drug-likeness (QED) is 0.891. The molecule has 18 heavy (non-hydrogen) atoms. The van der Waals surface area contributed by atoms with Crippen LogP contribution in [0, 0.1) is 0 Å². The van der Waals surface area contributed by atoms with Crippen molar-refractivity contribution < 1.29 is 4.79 Å². The van der Waals surface area contributed by atoms with Gasteiger partial charge in [0.25, 0.3) is 5.91 Å². The zero-order valence-corrected chi connectivity index (χ0v) is 10.6. The molecule has 94 valence electrons. The summed E-state index contributed by atoms with van der Waals surface area (Å²) in [6, 6.07) is 7.51. The summed E-state index contributed by atoms with van der Waals surface area (Å²) in [5.41, 5.74) is 1.79. The van der Waals surface area contributed by atoms with Gasteiger partial charge < -0.3 is 0 Å². The van der Waals surface area contributed by atoms with E-state index >= 15 is 0 Å². The Balaban J connectivity index is 2.12. The Morgan fingerprint density at radius 1 is 1.28 bits per heavy atom. The van der Waals surface area contributed by atoms with E-state index in [1.807, 2.05) is 12.1 Å². The van der Waals surface area contributed by atoms with Crippen LogP contribution in [0.5, 0.6) is 0 Å². The number of nitrogens with zero attached hydrogens (tertiary/aromatic N) is 4. The van der Waals surface area contributed by atoms with E-state index in [2.05, 4.69) is 34.7 Å². The lowest BCUT2D eigenvalue weighted by atomic mass is 10.0. The predicted octanol–water partition coefficient (Wildman–Crippen LogP) is 1.59. The minimum Gasteiger partial charge on any atom is -0.289 e. The topological polar surface area (TPSA) is 72.7 Å². The molecule has 6 nitrogen and oxygen atoms in total. The number of hydrogen-bond donors (Lipinski definition) is 1. The van der Waals surface area contributed by atoms with Gasteiger partial charge in [0.2, 0.25) is 5.95 Å². The van der Waals surface area contributed by atoms with Gasteiger partial charge in [-0.1, -0.05) is 31.1 Å². The molecule has 6 heteroatoms. The molecule has 2 aromatic rings. The van der Waals surface area contributed by atoms with Crippen molar-refractivity contribution in [3.05, 3.63) is 35.4 Å². The molecule has 0 aliphatic carbocycles. The van der Waals surface area contributed by atoms with Gasteiger partial charge in [-0.15, -0.1) is 0 Å². The van der Waals surface area contributed by atoms with Gasteiger partial charge in [0.05, 0.1) is 0 Å². The predicted molar refractivity (Wildman–Crippen MR) is 67.3 cm³/mol. The molecule has 1 aromatic carbocycles. The van der Waals surface area contributed by atoms with Gasteiger partial charge in [-0.05, 0) is 34.0 Å². The maximum Gasteiger partial charge on any atom is 0.258 e. The summed E-state index contributed by atoms with van der Waals surface area (Å²) in [5.74, 6) is 0.557. The first-order chi connectivity index (χ1) is 8.58. The van der Waals surface area contributed by atoms with Crippen molar-refractivity contribution in [2.45, 2.75) is 19.8 Å². The van der Waals surface area contributed by atoms with E-state index in [4.69, 9.17) is 0 Å². The number of hydrogen-bond acceptors (Lipinski definition) is 4. The number of benzene rings is 1. The van der Waals surface area contributed by atoms with E-state index in [9.17, 15) is 4.79 Å². The van der Waals surface area contributed by atoms with E-state index in [1.54, 1.807) is 19.2 Å². The van der Waals surface area contributed by atoms with E-state index in [0.29, 0.717) is 17.4 Å². The highest BCUT2D eigenvalue weighted by Crippen LogP contribution is 2.15. The summed E-state index contributed by atoms with van der Waals surface area (Å²) >= 11 is 0. The number of anilines is 1. The number of aryl methyl sites for hydroxylation is 1. The maximum atomic E-state index is 11.9. The summed E-state index contributed by atoms with van der Waals surface area (Å²) in [4.78, 5) is 11.9. The summed E-state index contributed by atoms with van der Waals surface area (Å²) in [6.07, 6.45) is 0. The van der Waals surface area contributed by atoms with Gasteiger partial charge in [0.15, 0.2) is 0 Å². The molecular formula is C12H15N5O. The molecule has 0 aliphatic heterocycles. The Morgan fingerprint density at radius 2 is 1.94 bits per heavy atom. The van der Waals surface area contributed by atoms with Gasteiger partial charge in [-0.3, -0.25) is 10.1 Å². The molecule has 1 N–H and O–H groups in total. The second-order valence-electron chi connectivity index (χ2n) is 4.36. The van der Waals surface area contributed by atoms with E-state index < -0.39 is 0 Å². The average Bonchev–Trinajstić information content (AvgIpc) is 2.75. The highest BCUT2D eigenvalue weighted by molar-refractivity contribution is 6.03. The molecule has 0 aliphatic rings. The Hall–Kier alpha value is -2.24. The molecule has 1 heterocycles. The Labute approximate surface area is 105 Å². The van der Waals surface area contributed by atoms with Crippen molar-refractivity contribution in [1.82, 2.24) is 20.2 Å². The van der Waals surface area contributed by atoms with Crippen LogP contribution in [-0.4, -0.2) is 26.1 Å². The first kappa shape index (κ1) is 12.2. The Kier molecular flexibility index (Phi) is 3.36. The van der Waals surface area contributed by atoms with Crippen LogP contribution in [0.4, 0.5) is 5.95 Å². The van der Waals surface area contributed by atoms with Gasteiger partial charge in [0.1, 0.15) is 0 Å². The fourth-order valence-corrected chi connectivity index (χ4v) is 1.53. The summed E-state index contributed by atoms with van der Waals surface area (Å²) in [6.45, 7) is 4.22. The molecule has 0 radical (unpaired) electrons. The van der Waals surface area contributed by atoms with Crippen LogP contribution in [0.1, 0.15) is 35.7 Å². The lowest BCUT2D eigenvalue weighted by Gasteiger charge is -2.06. The second kappa shape index (κ2) is 4.95.